The van der Waals surface area contributed by atoms with Crippen LogP contribution in [0.15, 0.2) is 35.7 Å². The average molecular weight is 426 g/mol. The molecule has 0 saturated carbocycles. The van der Waals surface area contributed by atoms with Crippen molar-refractivity contribution in [3.63, 3.8) is 0 Å². The van der Waals surface area contributed by atoms with Gasteiger partial charge in [-0.1, -0.05) is 44.5 Å². The van der Waals surface area contributed by atoms with Crippen LogP contribution in [0.3, 0.4) is 0 Å². The fourth-order valence-electron chi connectivity index (χ4n) is 2.48. The van der Waals surface area contributed by atoms with Gasteiger partial charge in [-0.2, -0.15) is 13.4 Å². The van der Waals surface area contributed by atoms with E-state index in [0.717, 1.165) is 42.3 Å². The van der Waals surface area contributed by atoms with Crippen molar-refractivity contribution in [2.75, 3.05) is 0 Å². The van der Waals surface area contributed by atoms with E-state index in [-0.39, 0.29) is 0 Å². The van der Waals surface area contributed by atoms with E-state index < -0.39 is 10.4 Å². The van der Waals surface area contributed by atoms with E-state index in [0.29, 0.717) is 5.78 Å². The minimum absolute atomic E-state index is 0.716. The molecule has 0 atom stereocenters. The molecular weight excluding hydrogens is 402 g/mol. The Balaban J connectivity index is 0.000000500. The van der Waals surface area contributed by atoms with E-state index in [1.165, 1.54) is 11.3 Å². The fourth-order valence-corrected chi connectivity index (χ4v) is 3.23. The van der Waals surface area contributed by atoms with Crippen LogP contribution in [0.1, 0.15) is 43.6 Å². The van der Waals surface area contributed by atoms with Crippen LogP contribution in [0, 0.1) is 0 Å². The maximum absolute atomic E-state index is 8.74. The lowest BCUT2D eigenvalue weighted by Gasteiger charge is -2.05. The Kier molecular flexibility index (Phi) is 8.30. The lowest BCUT2D eigenvalue weighted by Crippen LogP contribution is -2.03. The van der Waals surface area contributed by atoms with Crippen molar-refractivity contribution >= 4 is 27.9 Å². The SMILES string of the molecule is CCCc1cc(CCC)n2nc(SCc3cccnc3)nc2n1.O=S(=O)(O)O. The minimum Gasteiger partial charge on any atom is -0.264 e. The smallest absolute Gasteiger partial charge is 0.264 e. The Hall–Kier alpha value is -2.08. The first-order valence-electron chi connectivity index (χ1n) is 8.77. The highest BCUT2D eigenvalue weighted by atomic mass is 32.3. The van der Waals surface area contributed by atoms with Gasteiger partial charge in [0.05, 0.1) is 0 Å². The number of thioether (sulfide) groups is 1. The summed E-state index contributed by atoms with van der Waals surface area (Å²) in [5.41, 5.74) is 3.48. The van der Waals surface area contributed by atoms with E-state index in [1.807, 2.05) is 16.8 Å². The number of hydrogen-bond donors (Lipinski definition) is 2. The van der Waals surface area contributed by atoms with Crippen molar-refractivity contribution < 1.29 is 17.5 Å². The van der Waals surface area contributed by atoms with Crippen LogP contribution < -0.4 is 0 Å². The summed E-state index contributed by atoms with van der Waals surface area (Å²) in [4.78, 5) is 13.4. The van der Waals surface area contributed by atoms with Crippen molar-refractivity contribution in [2.45, 2.75) is 50.4 Å². The van der Waals surface area contributed by atoms with Gasteiger partial charge in [-0.3, -0.25) is 14.1 Å². The summed E-state index contributed by atoms with van der Waals surface area (Å²) in [5.74, 6) is 1.53. The molecule has 0 spiro atoms. The normalized spacial score (nSPS) is 11.3. The molecule has 0 unspecified atom stereocenters. The zero-order valence-corrected chi connectivity index (χ0v) is 17.3. The van der Waals surface area contributed by atoms with Gasteiger partial charge in [-0.25, -0.2) is 9.50 Å². The Morgan fingerprint density at radius 2 is 1.86 bits per heavy atom. The van der Waals surface area contributed by atoms with Crippen molar-refractivity contribution in [1.82, 2.24) is 24.6 Å². The second-order valence-electron chi connectivity index (χ2n) is 5.94. The molecule has 0 bridgehead atoms. The molecule has 0 amide bonds. The van der Waals surface area contributed by atoms with Crippen molar-refractivity contribution in [1.29, 1.82) is 0 Å². The molecule has 0 fully saturated rings. The highest BCUT2D eigenvalue weighted by molar-refractivity contribution is 7.98. The van der Waals surface area contributed by atoms with Gasteiger partial charge < -0.3 is 0 Å². The number of aryl methyl sites for hydroxylation is 2. The van der Waals surface area contributed by atoms with Gasteiger partial charge >= 0.3 is 10.4 Å². The summed E-state index contributed by atoms with van der Waals surface area (Å²) >= 11 is 1.62. The molecule has 9 nitrogen and oxygen atoms in total. The molecule has 0 radical (unpaired) electrons. The summed E-state index contributed by atoms with van der Waals surface area (Å²) in [6, 6.07) is 6.19. The Labute approximate surface area is 168 Å². The third kappa shape index (κ3) is 7.50. The first kappa shape index (κ1) is 22.2. The molecule has 11 heteroatoms. The summed E-state index contributed by atoms with van der Waals surface area (Å²) in [6.45, 7) is 4.35. The summed E-state index contributed by atoms with van der Waals surface area (Å²) in [6.07, 6.45) is 7.81. The maximum Gasteiger partial charge on any atom is 0.394 e. The van der Waals surface area contributed by atoms with Gasteiger partial charge in [0, 0.05) is 29.5 Å². The van der Waals surface area contributed by atoms with Gasteiger partial charge in [0.15, 0.2) is 0 Å². The van der Waals surface area contributed by atoms with Crippen LogP contribution in [-0.4, -0.2) is 42.1 Å². The van der Waals surface area contributed by atoms with Gasteiger partial charge in [0.1, 0.15) is 0 Å². The molecule has 3 rings (SSSR count). The Bertz CT molecular complexity index is 985. The summed E-state index contributed by atoms with van der Waals surface area (Å²) in [7, 11) is -4.67. The number of fused-ring (bicyclic) bond motifs is 1. The van der Waals surface area contributed by atoms with Crippen LogP contribution in [0.5, 0.6) is 0 Å². The molecule has 28 heavy (non-hydrogen) atoms. The lowest BCUT2D eigenvalue weighted by molar-refractivity contribution is 0.381. The van der Waals surface area contributed by atoms with Gasteiger partial charge in [-0.15, -0.1) is 5.10 Å². The molecule has 152 valence electrons. The third-order valence-electron chi connectivity index (χ3n) is 3.52. The molecule has 3 aromatic heterocycles. The number of nitrogens with zero attached hydrogens (tertiary/aromatic N) is 5. The van der Waals surface area contributed by atoms with E-state index in [9.17, 15) is 0 Å². The first-order chi connectivity index (χ1) is 13.3. The van der Waals surface area contributed by atoms with E-state index in [2.05, 4.69) is 46.0 Å². The van der Waals surface area contributed by atoms with Gasteiger partial charge in [-0.05, 0) is 30.5 Å². The molecule has 0 aromatic carbocycles. The summed E-state index contributed by atoms with van der Waals surface area (Å²) in [5, 5.41) is 5.40. The highest BCUT2D eigenvalue weighted by Gasteiger charge is 2.11. The molecule has 0 aliphatic carbocycles. The van der Waals surface area contributed by atoms with Gasteiger partial charge in [0.2, 0.25) is 5.16 Å². The molecule has 3 heterocycles. The maximum atomic E-state index is 8.74. The van der Waals surface area contributed by atoms with Crippen LogP contribution in [0.2, 0.25) is 0 Å². The molecular formula is C17H23N5O4S2. The molecule has 0 saturated heterocycles. The zero-order chi connectivity index (χ0) is 20.6. The second-order valence-corrected chi connectivity index (χ2v) is 7.78. The lowest BCUT2D eigenvalue weighted by atomic mass is 10.2. The van der Waals surface area contributed by atoms with Crippen molar-refractivity contribution in [3.05, 3.63) is 47.5 Å². The first-order valence-corrected chi connectivity index (χ1v) is 11.2. The van der Waals surface area contributed by atoms with Gasteiger partial charge in [0.25, 0.3) is 5.78 Å². The zero-order valence-electron chi connectivity index (χ0n) is 15.7. The quantitative estimate of drug-likeness (QED) is 0.433. The topological polar surface area (TPSA) is 131 Å². The Morgan fingerprint density at radius 1 is 1.14 bits per heavy atom. The van der Waals surface area contributed by atoms with Crippen LogP contribution in [0.25, 0.3) is 5.78 Å². The summed E-state index contributed by atoms with van der Waals surface area (Å²) < 4.78 is 33.5. The third-order valence-corrected chi connectivity index (χ3v) is 4.43. The molecule has 0 aliphatic rings. The van der Waals surface area contributed by atoms with Crippen molar-refractivity contribution in [3.8, 4) is 0 Å². The van der Waals surface area contributed by atoms with Crippen LogP contribution in [0.4, 0.5) is 0 Å². The molecule has 0 aliphatic heterocycles. The van der Waals surface area contributed by atoms with E-state index in [4.69, 9.17) is 17.5 Å². The average Bonchev–Trinajstić information content (AvgIpc) is 3.03. The number of rotatable bonds is 7. The fraction of sp³-hybridized carbons (Fsp3) is 0.412. The second kappa shape index (κ2) is 10.5. The standard InChI is InChI=1S/C17H21N5S.H2O4S/c1-3-6-14-10-15(7-4-2)22-16(19-14)20-17(21-22)23-12-13-8-5-9-18-11-13;1-5(2,3)4/h5,8-11H,3-4,6-7,12H2,1-2H3;(H2,1,2,3,4). The van der Waals surface area contributed by atoms with E-state index >= 15 is 0 Å². The monoisotopic (exact) mass is 425 g/mol. The molecule has 2 N–H and O–H groups in total. The van der Waals surface area contributed by atoms with Crippen molar-refractivity contribution in [2.24, 2.45) is 0 Å². The molecule has 3 aromatic rings. The number of pyridine rings is 1. The predicted octanol–water partition coefficient (Wildman–Crippen LogP) is 3.06. The largest absolute Gasteiger partial charge is 0.394 e. The minimum atomic E-state index is -4.67. The van der Waals surface area contributed by atoms with Crippen LogP contribution in [-0.2, 0) is 29.0 Å². The van der Waals surface area contributed by atoms with Crippen LogP contribution >= 0.6 is 11.8 Å². The number of hydrogen-bond acceptors (Lipinski definition) is 7. The Morgan fingerprint density at radius 3 is 2.46 bits per heavy atom. The predicted molar refractivity (Wildman–Crippen MR) is 107 cm³/mol. The number of aromatic nitrogens is 5. The van der Waals surface area contributed by atoms with E-state index in [1.54, 1.807) is 18.0 Å². The highest BCUT2D eigenvalue weighted by Crippen LogP contribution is 2.20.